The van der Waals surface area contributed by atoms with Gasteiger partial charge in [-0.1, -0.05) is 66.7 Å². The molecule has 0 saturated heterocycles. The highest BCUT2D eigenvalue weighted by molar-refractivity contribution is 5.16. The molecule has 0 spiro atoms. The van der Waals surface area contributed by atoms with Crippen LogP contribution in [0.4, 0.5) is 0 Å². The maximum atomic E-state index is 11.6. The van der Waals surface area contributed by atoms with Crippen molar-refractivity contribution in [2.45, 2.75) is 123 Å². The quantitative estimate of drug-likeness (QED) is 0.543. The fourth-order valence-electron chi connectivity index (χ4n) is 9.33. The Hall–Kier alpha value is -0.0800. The average molecular weight is 405 g/mol. The lowest BCUT2D eigenvalue weighted by Gasteiger charge is -2.65. The standard InChI is InChI=1S/C27H48O2/c1-18(2)9-8-10-19(3)21-11-12-22-20-17-24(28)27(29)15-7-6-14-26(27,5)23(20)13-16-25(21,22)4/h18-24,28-29H,6-17H2,1-5H3/t19-,20-,21+,22-,23-,24-,25+,26+,27-/m0/s1. The van der Waals surface area contributed by atoms with Crippen LogP contribution in [0, 0.1) is 46.3 Å². The molecular formula is C27H48O2. The molecule has 0 aliphatic heterocycles. The van der Waals surface area contributed by atoms with E-state index in [0.29, 0.717) is 17.3 Å². The van der Waals surface area contributed by atoms with E-state index in [2.05, 4.69) is 34.6 Å². The molecule has 0 unspecified atom stereocenters. The number of hydrogen-bond acceptors (Lipinski definition) is 2. The van der Waals surface area contributed by atoms with E-state index in [1.54, 1.807) is 0 Å². The third kappa shape index (κ3) is 3.34. The SMILES string of the molecule is CC(C)CCC[C@H](C)[C@H]1CC[C@H]2[C@@H]3C[C@H](O)[C@@]4(O)CCCC[C@]4(C)[C@H]3CC[C@]12C. The fraction of sp³-hybridized carbons (Fsp3) is 1.00. The normalized spacial score (nSPS) is 50.7. The maximum absolute atomic E-state index is 11.6. The molecule has 0 heterocycles. The van der Waals surface area contributed by atoms with Crippen molar-refractivity contribution in [2.24, 2.45) is 46.3 Å². The summed E-state index contributed by atoms with van der Waals surface area (Å²) in [5.74, 6) is 4.51. The smallest absolute Gasteiger partial charge is 0.0961 e. The predicted molar refractivity (Wildman–Crippen MR) is 121 cm³/mol. The lowest BCUT2D eigenvalue weighted by Crippen LogP contribution is -2.67. The van der Waals surface area contributed by atoms with E-state index < -0.39 is 11.7 Å². The summed E-state index contributed by atoms with van der Waals surface area (Å²) >= 11 is 0. The Kier molecular flexibility index (Phi) is 5.95. The first-order chi connectivity index (χ1) is 13.6. The van der Waals surface area contributed by atoms with E-state index in [0.717, 1.165) is 49.4 Å². The zero-order chi connectivity index (χ0) is 21.0. The summed E-state index contributed by atoms with van der Waals surface area (Å²) in [5.41, 5.74) is -0.448. The van der Waals surface area contributed by atoms with Crippen LogP contribution in [0.5, 0.6) is 0 Å². The lowest BCUT2D eigenvalue weighted by atomic mass is 9.42. The molecule has 4 rings (SSSR count). The topological polar surface area (TPSA) is 40.5 Å². The van der Waals surface area contributed by atoms with Crippen molar-refractivity contribution in [1.82, 2.24) is 0 Å². The van der Waals surface area contributed by atoms with Gasteiger partial charge in [-0.25, -0.2) is 0 Å². The van der Waals surface area contributed by atoms with Gasteiger partial charge < -0.3 is 10.2 Å². The van der Waals surface area contributed by atoms with Crippen LogP contribution in [0.2, 0.25) is 0 Å². The summed E-state index contributed by atoms with van der Waals surface area (Å²) in [6.07, 6.45) is 14.1. The third-order valence-corrected chi connectivity index (χ3v) is 11.0. The minimum atomic E-state index is -0.831. The Morgan fingerprint density at radius 1 is 0.897 bits per heavy atom. The Balaban J connectivity index is 1.53. The molecule has 2 nitrogen and oxygen atoms in total. The zero-order valence-corrected chi connectivity index (χ0v) is 19.9. The van der Waals surface area contributed by atoms with Crippen molar-refractivity contribution in [1.29, 1.82) is 0 Å². The molecule has 0 aromatic rings. The molecule has 9 atom stereocenters. The Morgan fingerprint density at radius 3 is 2.34 bits per heavy atom. The first kappa shape index (κ1) is 22.1. The first-order valence-electron chi connectivity index (χ1n) is 13.0. The van der Waals surface area contributed by atoms with Gasteiger partial charge in [-0.05, 0) is 85.9 Å². The van der Waals surface area contributed by atoms with Crippen molar-refractivity contribution in [2.75, 3.05) is 0 Å². The molecule has 2 N–H and O–H groups in total. The largest absolute Gasteiger partial charge is 0.390 e. The molecule has 4 saturated carbocycles. The minimum Gasteiger partial charge on any atom is -0.390 e. The summed E-state index contributed by atoms with van der Waals surface area (Å²) in [5, 5.41) is 22.8. The zero-order valence-electron chi connectivity index (χ0n) is 19.9. The highest BCUT2D eigenvalue weighted by atomic mass is 16.3. The molecule has 0 aromatic heterocycles. The summed E-state index contributed by atoms with van der Waals surface area (Å²) < 4.78 is 0. The van der Waals surface area contributed by atoms with Gasteiger partial charge >= 0.3 is 0 Å². The van der Waals surface area contributed by atoms with Gasteiger partial charge in [-0.3, -0.25) is 0 Å². The number of aliphatic hydroxyl groups is 2. The second kappa shape index (κ2) is 7.80. The van der Waals surface area contributed by atoms with Gasteiger partial charge in [-0.2, -0.15) is 0 Å². The Labute approximate surface area is 180 Å². The monoisotopic (exact) mass is 404 g/mol. The average Bonchev–Trinajstić information content (AvgIpc) is 3.01. The molecule has 0 amide bonds. The van der Waals surface area contributed by atoms with Gasteiger partial charge in [0.15, 0.2) is 0 Å². The first-order valence-corrected chi connectivity index (χ1v) is 13.0. The summed E-state index contributed by atoms with van der Waals surface area (Å²) in [6.45, 7) is 12.2. The number of aliphatic hydroxyl groups excluding tert-OH is 1. The summed E-state index contributed by atoms with van der Waals surface area (Å²) in [4.78, 5) is 0. The minimum absolute atomic E-state index is 0.0735. The van der Waals surface area contributed by atoms with Crippen LogP contribution in [0.3, 0.4) is 0 Å². The van der Waals surface area contributed by atoms with Crippen molar-refractivity contribution < 1.29 is 10.2 Å². The number of hydrogen-bond donors (Lipinski definition) is 2. The van der Waals surface area contributed by atoms with Crippen LogP contribution in [0.25, 0.3) is 0 Å². The van der Waals surface area contributed by atoms with Crippen LogP contribution in [-0.4, -0.2) is 21.9 Å². The molecular weight excluding hydrogens is 356 g/mol. The van der Waals surface area contributed by atoms with Crippen LogP contribution in [-0.2, 0) is 0 Å². The van der Waals surface area contributed by atoms with Gasteiger partial charge in [-0.15, -0.1) is 0 Å². The molecule has 4 aliphatic rings. The van der Waals surface area contributed by atoms with Crippen molar-refractivity contribution in [3.63, 3.8) is 0 Å². The molecule has 168 valence electrons. The van der Waals surface area contributed by atoms with Crippen LogP contribution in [0.1, 0.15) is 112 Å². The Bertz CT molecular complexity index is 587. The van der Waals surface area contributed by atoms with Crippen LogP contribution in [0.15, 0.2) is 0 Å². The van der Waals surface area contributed by atoms with E-state index in [-0.39, 0.29) is 5.41 Å². The van der Waals surface area contributed by atoms with Gasteiger partial charge in [0, 0.05) is 5.41 Å². The van der Waals surface area contributed by atoms with Gasteiger partial charge in [0.05, 0.1) is 11.7 Å². The van der Waals surface area contributed by atoms with E-state index in [1.807, 2.05) is 0 Å². The molecule has 4 fully saturated rings. The van der Waals surface area contributed by atoms with Gasteiger partial charge in [0.25, 0.3) is 0 Å². The molecule has 0 aromatic carbocycles. The maximum Gasteiger partial charge on any atom is 0.0961 e. The number of rotatable bonds is 5. The third-order valence-electron chi connectivity index (χ3n) is 11.0. The van der Waals surface area contributed by atoms with Crippen molar-refractivity contribution >= 4 is 0 Å². The highest BCUT2D eigenvalue weighted by Crippen LogP contribution is 2.69. The molecule has 4 aliphatic carbocycles. The second-order valence-corrected chi connectivity index (χ2v) is 12.7. The van der Waals surface area contributed by atoms with E-state index in [1.165, 1.54) is 51.4 Å². The molecule has 29 heavy (non-hydrogen) atoms. The van der Waals surface area contributed by atoms with Crippen LogP contribution >= 0.6 is 0 Å². The van der Waals surface area contributed by atoms with E-state index >= 15 is 0 Å². The Morgan fingerprint density at radius 2 is 1.62 bits per heavy atom. The van der Waals surface area contributed by atoms with Crippen molar-refractivity contribution in [3.05, 3.63) is 0 Å². The fourth-order valence-corrected chi connectivity index (χ4v) is 9.33. The summed E-state index contributed by atoms with van der Waals surface area (Å²) in [6, 6.07) is 0. The molecule has 0 radical (unpaired) electrons. The van der Waals surface area contributed by atoms with Crippen LogP contribution < -0.4 is 0 Å². The number of fused-ring (bicyclic) bond motifs is 5. The highest BCUT2D eigenvalue weighted by Gasteiger charge is 2.66. The molecule has 2 heteroatoms. The van der Waals surface area contributed by atoms with Gasteiger partial charge in [0.2, 0.25) is 0 Å². The summed E-state index contributed by atoms with van der Waals surface area (Å²) in [7, 11) is 0. The second-order valence-electron chi connectivity index (χ2n) is 12.7. The van der Waals surface area contributed by atoms with Gasteiger partial charge in [0.1, 0.15) is 0 Å². The van der Waals surface area contributed by atoms with Crippen molar-refractivity contribution in [3.8, 4) is 0 Å². The van der Waals surface area contributed by atoms with E-state index in [9.17, 15) is 10.2 Å². The predicted octanol–water partition coefficient (Wildman–Crippen LogP) is 6.58. The molecule has 0 bridgehead atoms. The van der Waals surface area contributed by atoms with E-state index in [4.69, 9.17) is 0 Å². The lowest BCUT2D eigenvalue weighted by molar-refractivity contribution is -0.253.